The summed E-state index contributed by atoms with van der Waals surface area (Å²) in [4.78, 5) is 6.40. The van der Waals surface area contributed by atoms with Gasteiger partial charge in [0, 0.05) is 13.1 Å². The third-order valence-corrected chi connectivity index (χ3v) is 3.41. The molecule has 5 nitrogen and oxygen atoms in total. The number of rotatable bonds is 3. The second-order valence-corrected chi connectivity index (χ2v) is 5.73. The zero-order chi connectivity index (χ0) is 14.0. The lowest BCUT2D eigenvalue weighted by Gasteiger charge is -2.42. The number of morpholine rings is 1. The largest absolute Gasteiger partial charge is 0.394 e. The Balaban J connectivity index is 2.25. The first-order chi connectivity index (χ1) is 8.95. The molecule has 1 saturated heterocycles. The van der Waals surface area contributed by atoms with Gasteiger partial charge in [-0.15, -0.1) is 0 Å². The predicted octanol–water partition coefficient (Wildman–Crippen LogP) is 1.20. The fraction of sp³-hybridized carbons (Fsp3) is 0.615. The molecular formula is C13H19ClN2O3. The third kappa shape index (κ3) is 3.36. The number of aliphatic hydroxyl groups excluding tert-OH is 2. The second-order valence-electron chi connectivity index (χ2n) is 5.32. The molecule has 0 aliphatic carbocycles. The standard InChI is InChI=1S/C13H19ClN2O3/c1-13(2)8-16(5-9(6-17)19-13)12-4-3-10(14)11(7-18)15-12/h3-4,9,17-18H,5-8H2,1-2H3. The Labute approximate surface area is 117 Å². The Morgan fingerprint density at radius 2 is 2.21 bits per heavy atom. The molecule has 1 atom stereocenters. The molecule has 106 valence electrons. The lowest BCUT2D eigenvalue weighted by molar-refractivity contribution is -0.101. The average molecular weight is 287 g/mol. The third-order valence-electron chi connectivity index (χ3n) is 3.06. The highest BCUT2D eigenvalue weighted by Gasteiger charge is 2.33. The van der Waals surface area contributed by atoms with Gasteiger partial charge in [-0.25, -0.2) is 4.98 Å². The van der Waals surface area contributed by atoms with Gasteiger partial charge < -0.3 is 19.8 Å². The number of aromatic nitrogens is 1. The molecule has 1 unspecified atom stereocenters. The number of pyridine rings is 1. The van der Waals surface area contributed by atoms with Crippen molar-refractivity contribution in [2.75, 3.05) is 24.6 Å². The molecule has 2 N–H and O–H groups in total. The molecule has 0 spiro atoms. The van der Waals surface area contributed by atoms with Gasteiger partial charge >= 0.3 is 0 Å². The summed E-state index contributed by atoms with van der Waals surface area (Å²) in [6.07, 6.45) is -0.237. The van der Waals surface area contributed by atoms with Gasteiger partial charge in [0.15, 0.2) is 0 Å². The van der Waals surface area contributed by atoms with Crippen LogP contribution in [0, 0.1) is 0 Å². The second kappa shape index (κ2) is 5.63. The van der Waals surface area contributed by atoms with Crippen LogP contribution in [0.3, 0.4) is 0 Å². The molecule has 0 radical (unpaired) electrons. The van der Waals surface area contributed by atoms with Gasteiger partial charge in [-0.3, -0.25) is 0 Å². The molecule has 19 heavy (non-hydrogen) atoms. The van der Waals surface area contributed by atoms with Crippen LogP contribution in [-0.4, -0.2) is 46.6 Å². The fourth-order valence-corrected chi connectivity index (χ4v) is 2.49. The van der Waals surface area contributed by atoms with Gasteiger partial charge in [0.1, 0.15) is 5.82 Å². The molecule has 1 aliphatic heterocycles. The zero-order valence-corrected chi connectivity index (χ0v) is 11.9. The molecular weight excluding hydrogens is 268 g/mol. The Hall–Kier alpha value is -0.880. The number of hydrogen-bond acceptors (Lipinski definition) is 5. The summed E-state index contributed by atoms with van der Waals surface area (Å²) in [5.41, 5.74) is 0.107. The van der Waals surface area contributed by atoms with Crippen molar-refractivity contribution in [1.82, 2.24) is 4.98 Å². The van der Waals surface area contributed by atoms with E-state index in [-0.39, 0.29) is 24.9 Å². The highest BCUT2D eigenvalue weighted by molar-refractivity contribution is 6.31. The molecule has 1 aromatic heterocycles. The van der Waals surface area contributed by atoms with Crippen molar-refractivity contribution >= 4 is 17.4 Å². The van der Waals surface area contributed by atoms with E-state index < -0.39 is 0 Å². The summed E-state index contributed by atoms with van der Waals surface area (Å²) in [6, 6.07) is 3.54. The van der Waals surface area contributed by atoms with Crippen molar-refractivity contribution in [1.29, 1.82) is 0 Å². The Morgan fingerprint density at radius 1 is 1.47 bits per heavy atom. The first-order valence-electron chi connectivity index (χ1n) is 6.25. The minimum absolute atomic E-state index is 0.0274. The van der Waals surface area contributed by atoms with E-state index in [4.69, 9.17) is 16.3 Å². The van der Waals surface area contributed by atoms with Crippen molar-refractivity contribution in [3.05, 3.63) is 22.8 Å². The van der Waals surface area contributed by atoms with Gasteiger partial charge in [0.25, 0.3) is 0 Å². The number of ether oxygens (including phenoxy) is 1. The van der Waals surface area contributed by atoms with Crippen LogP contribution in [-0.2, 0) is 11.3 Å². The summed E-state index contributed by atoms with van der Waals surface area (Å²) in [5, 5.41) is 19.0. The van der Waals surface area contributed by atoms with Gasteiger partial charge in [0.05, 0.1) is 35.6 Å². The predicted molar refractivity (Wildman–Crippen MR) is 73.4 cm³/mol. The van der Waals surface area contributed by atoms with Crippen molar-refractivity contribution in [2.24, 2.45) is 0 Å². The summed E-state index contributed by atoms with van der Waals surface area (Å²) < 4.78 is 5.76. The number of hydrogen-bond donors (Lipinski definition) is 2. The topological polar surface area (TPSA) is 65.8 Å². The first kappa shape index (κ1) is 14.5. The van der Waals surface area contributed by atoms with Crippen LogP contribution in [0.4, 0.5) is 5.82 Å². The lowest BCUT2D eigenvalue weighted by Crippen LogP contribution is -2.54. The number of aliphatic hydroxyl groups is 2. The van der Waals surface area contributed by atoms with Gasteiger partial charge in [0.2, 0.25) is 0 Å². The van der Waals surface area contributed by atoms with Crippen LogP contribution < -0.4 is 4.90 Å². The molecule has 2 rings (SSSR count). The highest BCUT2D eigenvalue weighted by Crippen LogP contribution is 2.26. The van der Waals surface area contributed by atoms with Crippen LogP contribution >= 0.6 is 11.6 Å². The lowest BCUT2D eigenvalue weighted by atomic mass is 10.1. The summed E-state index contributed by atoms with van der Waals surface area (Å²) in [5.74, 6) is 0.739. The Morgan fingerprint density at radius 3 is 2.84 bits per heavy atom. The van der Waals surface area contributed by atoms with E-state index in [0.717, 1.165) is 5.82 Å². The molecule has 0 bridgehead atoms. The van der Waals surface area contributed by atoms with Crippen LogP contribution in [0.1, 0.15) is 19.5 Å². The van der Waals surface area contributed by atoms with Crippen LogP contribution in [0.25, 0.3) is 0 Å². The molecule has 1 fully saturated rings. The van der Waals surface area contributed by atoms with E-state index in [1.807, 2.05) is 24.8 Å². The monoisotopic (exact) mass is 286 g/mol. The van der Waals surface area contributed by atoms with E-state index in [0.29, 0.717) is 23.8 Å². The minimum Gasteiger partial charge on any atom is -0.394 e. The fourth-order valence-electron chi connectivity index (χ4n) is 2.33. The highest BCUT2D eigenvalue weighted by atomic mass is 35.5. The van der Waals surface area contributed by atoms with Crippen LogP contribution in [0.15, 0.2) is 12.1 Å². The molecule has 1 aliphatic rings. The Kier molecular flexibility index (Phi) is 4.30. The van der Waals surface area contributed by atoms with E-state index in [1.54, 1.807) is 6.07 Å². The molecule has 0 amide bonds. The smallest absolute Gasteiger partial charge is 0.129 e. The van der Waals surface area contributed by atoms with Crippen molar-refractivity contribution in [3.8, 4) is 0 Å². The summed E-state index contributed by atoms with van der Waals surface area (Å²) in [7, 11) is 0. The van der Waals surface area contributed by atoms with E-state index in [1.165, 1.54) is 0 Å². The van der Waals surface area contributed by atoms with Gasteiger partial charge in [-0.2, -0.15) is 0 Å². The summed E-state index contributed by atoms with van der Waals surface area (Å²) in [6.45, 7) is 4.97. The van der Waals surface area contributed by atoms with E-state index >= 15 is 0 Å². The minimum atomic E-state index is -0.355. The number of halogens is 1. The molecule has 1 aromatic rings. The van der Waals surface area contributed by atoms with Crippen molar-refractivity contribution < 1.29 is 14.9 Å². The quantitative estimate of drug-likeness (QED) is 0.874. The molecule has 0 aromatic carbocycles. The maximum Gasteiger partial charge on any atom is 0.129 e. The number of nitrogens with zero attached hydrogens (tertiary/aromatic N) is 2. The van der Waals surface area contributed by atoms with Gasteiger partial charge in [-0.1, -0.05) is 11.6 Å². The van der Waals surface area contributed by atoms with E-state index in [9.17, 15) is 10.2 Å². The van der Waals surface area contributed by atoms with Crippen LogP contribution in [0.5, 0.6) is 0 Å². The van der Waals surface area contributed by atoms with Crippen molar-refractivity contribution in [2.45, 2.75) is 32.2 Å². The molecule has 2 heterocycles. The van der Waals surface area contributed by atoms with Crippen LogP contribution in [0.2, 0.25) is 5.02 Å². The molecule has 0 saturated carbocycles. The molecule has 6 heteroatoms. The number of anilines is 1. The zero-order valence-electron chi connectivity index (χ0n) is 11.1. The maximum absolute atomic E-state index is 9.30. The van der Waals surface area contributed by atoms with Gasteiger partial charge in [-0.05, 0) is 26.0 Å². The normalized spacial score (nSPS) is 22.6. The Bertz CT molecular complexity index is 454. The SMILES string of the molecule is CC1(C)CN(c2ccc(Cl)c(CO)n2)CC(CO)O1. The van der Waals surface area contributed by atoms with E-state index in [2.05, 4.69) is 4.98 Å². The first-order valence-corrected chi connectivity index (χ1v) is 6.63. The summed E-state index contributed by atoms with van der Waals surface area (Å²) >= 11 is 5.94. The van der Waals surface area contributed by atoms with Crippen molar-refractivity contribution in [3.63, 3.8) is 0 Å². The maximum atomic E-state index is 9.30. The average Bonchev–Trinajstić information content (AvgIpc) is 2.37.